The van der Waals surface area contributed by atoms with Gasteiger partial charge in [-0.15, -0.1) is 0 Å². The fourth-order valence-electron chi connectivity index (χ4n) is 0.497. The fraction of sp³-hybridized carbons (Fsp3) is 0.167. The number of hydrogen-bond acceptors (Lipinski definition) is 3. The van der Waals surface area contributed by atoms with Gasteiger partial charge in [0, 0.05) is 6.08 Å². The average Bonchev–Trinajstić information content (AvgIpc) is 2.26. The Morgan fingerprint density at radius 2 is 1.88 bits per heavy atom. The molecule has 88 valence electrons. The molecule has 0 fully saturated rings. The smallest absolute Gasteiger partial charge is 0.337 e. The molecule has 0 spiro atoms. The molecule has 1 N–H and O–H groups in total. The second-order valence-corrected chi connectivity index (χ2v) is 2.45. The molecule has 0 aromatic carbocycles. The van der Waals surface area contributed by atoms with E-state index in [0.29, 0.717) is 5.57 Å². The molecule has 0 aliphatic heterocycles. The molecule has 0 saturated carbocycles. The van der Waals surface area contributed by atoms with Gasteiger partial charge in [-0.25, -0.2) is 9.59 Å². The van der Waals surface area contributed by atoms with Crippen LogP contribution in [0.15, 0.2) is 49.6 Å². The van der Waals surface area contributed by atoms with Gasteiger partial charge in [0.2, 0.25) is 0 Å². The van der Waals surface area contributed by atoms with E-state index in [1.54, 1.807) is 12.2 Å². The monoisotopic (exact) mass is 224 g/mol. The first-order chi connectivity index (χ1) is 7.49. The number of carboxylic acid groups (broad SMARTS) is 1. The van der Waals surface area contributed by atoms with Crippen LogP contribution < -0.4 is 0 Å². The summed E-state index contributed by atoms with van der Waals surface area (Å²) in [5, 5.41) is 7.60. The van der Waals surface area contributed by atoms with Crippen LogP contribution in [0.4, 0.5) is 0 Å². The summed E-state index contributed by atoms with van der Waals surface area (Å²) < 4.78 is 4.70. The van der Waals surface area contributed by atoms with Crippen LogP contribution in [-0.2, 0) is 14.3 Å². The molecular formula is C12H16O4. The lowest BCUT2D eigenvalue weighted by molar-refractivity contribution is -0.137. The molecule has 0 heterocycles. The van der Waals surface area contributed by atoms with Gasteiger partial charge < -0.3 is 9.84 Å². The zero-order chi connectivity index (χ0) is 13.0. The predicted octanol–water partition coefficient (Wildman–Crippen LogP) is 2.10. The largest absolute Gasteiger partial charge is 0.478 e. The van der Waals surface area contributed by atoms with Crippen LogP contribution in [-0.4, -0.2) is 23.7 Å². The van der Waals surface area contributed by atoms with Crippen LogP contribution in [0.2, 0.25) is 0 Å². The van der Waals surface area contributed by atoms with Gasteiger partial charge in [0.25, 0.3) is 0 Å². The highest BCUT2D eigenvalue weighted by Crippen LogP contribution is 1.96. The number of allylic oxidation sites excluding steroid dienone is 1. The van der Waals surface area contributed by atoms with Crippen molar-refractivity contribution in [1.82, 2.24) is 0 Å². The summed E-state index contributed by atoms with van der Waals surface area (Å²) in [5.41, 5.74) is 0.356. The molecule has 16 heavy (non-hydrogen) atoms. The SMILES string of the molecule is C=CC(=O)O.C=CCOC(=O)C(=C)C=CC. The lowest BCUT2D eigenvalue weighted by atomic mass is 10.3. The van der Waals surface area contributed by atoms with E-state index in [-0.39, 0.29) is 6.61 Å². The highest BCUT2D eigenvalue weighted by Gasteiger charge is 2.01. The number of hydrogen-bond donors (Lipinski definition) is 1. The number of rotatable bonds is 5. The Hall–Kier alpha value is -2.10. The van der Waals surface area contributed by atoms with Gasteiger partial charge in [-0.1, -0.05) is 38.0 Å². The molecule has 0 unspecified atom stereocenters. The number of esters is 1. The first-order valence-electron chi connectivity index (χ1n) is 4.44. The molecule has 0 rings (SSSR count). The predicted molar refractivity (Wildman–Crippen MR) is 62.9 cm³/mol. The summed E-state index contributed by atoms with van der Waals surface area (Å²) >= 11 is 0. The van der Waals surface area contributed by atoms with E-state index in [2.05, 4.69) is 19.7 Å². The highest BCUT2D eigenvalue weighted by atomic mass is 16.5. The summed E-state index contributed by atoms with van der Waals surface area (Å²) in [7, 11) is 0. The van der Waals surface area contributed by atoms with Gasteiger partial charge in [-0.05, 0) is 6.92 Å². The topological polar surface area (TPSA) is 63.6 Å². The van der Waals surface area contributed by atoms with E-state index in [9.17, 15) is 9.59 Å². The summed E-state index contributed by atoms with van der Waals surface area (Å²) in [4.78, 5) is 20.1. The third-order valence-corrected chi connectivity index (χ3v) is 1.14. The first-order valence-corrected chi connectivity index (χ1v) is 4.44. The van der Waals surface area contributed by atoms with Crippen molar-refractivity contribution in [2.24, 2.45) is 0 Å². The van der Waals surface area contributed by atoms with E-state index < -0.39 is 11.9 Å². The number of aliphatic carboxylic acids is 1. The van der Waals surface area contributed by atoms with Crippen molar-refractivity contribution in [2.45, 2.75) is 6.92 Å². The molecule has 0 aromatic heterocycles. The molecule has 0 aliphatic carbocycles. The minimum atomic E-state index is -0.981. The third kappa shape index (κ3) is 11.9. The Bertz CT molecular complexity index is 300. The standard InChI is InChI=1S/C9H12O2.C3H4O2/c1-4-6-8(3)9(10)11-7-5-2;1-2-3(4)5/h4-6H,2-3,7H2,1H3;2H,1H2,(H,4,5). The molecule has 0 radical (unpaired) electrons. The Balaban J connectivity index is 0. The number of ether oxygens (including phenoxy) is 1. The molecule has 0 aromatic rings. The minimum absolute atomic E-state index is 0.232. The molecule has 0 amide bonds. The Kier molecular flexibility index (Phi) is 11.2. The Labute approximate surface area is 95.2 Å². The van der Waals surface area contributed by atoms with E-state index in [1.807, 2.05) is 6.92 Å². The average molecular weight is 224 g/mol. The molecule has 0 atom stereocenters. The number of carbonyl (C=O) groups excluding carboxylic acids is 1. The second kappa shape index (κ2) is 11.0. The van der Waals surface area contributed by atoms with Crippen molar-refractivity contribution < 1.29 is 19.4 Å². The lowest BCUT2D eigenvalue weighted by Gasteiger charge is -1.99. The van der Waals surface area contributed by atoms with Gasteiger partial charge >= 0.3 is 11.9 Å². The molecule has 0 aliphatic rings. The van der Waals surface area contributed by atoms with E-state index in [1.165, 1.54) is 6.08 Å². The molecular weight excluding hydrogens is 208 g/mol. The highest BCUT2D eigenvalue weighted by molar-refractivity contribution is 5.90. The van der Waals surface area contributed by atoms with Crippen LogP contribution >= 0.6 is 0 Å². The van der Waals surface area contributed by atoms with E-state index in [4.69, 9.17) is 9.84 Å². The first kappa shape index (κ1) is 16.3. The number of carbonyl (C=O) groups is 2. The zero-order valence-electron chi connectivity index (χ0n) is 9.31. The van der Waals surface area contributed by atoms with Gasteiger partial charge in [0.05, 0.1) is 5.57 Å². The van der Waals surface area contributed by atoms with E-state index in [0.717, 1.165) is 6.08 Å². The Morgan fingerprint density at radius 1 is 1.38 bits per heavy atom. The Morgan fingerprint density at radius 3 is 2.19 bits per heavy atom. The minimum Gasteiger partial charge on any atom is -0.478 e. The normalized spacial score (nSPS) is 8.56. The molecule has 0 saturated heterocycles. The van der Waals surface area contributed by atoms with Gasteiger partial charge in [0.1, 0.15) is 6.61 Å². The summed E-state index contributed by atoms with van der Waals surface area (Å²) in [6.07, 6.45) is 5.68. The maximum absolute atomic E-state index is 10.9. The van der Waals surface area contributed by atoms with Gasteiger partial charge in [-0.2, -0.15) is 0 Å². The number of carboxylic acids is 1. The van der Waals surface area contributed by atoms with Crippen molar-refractivity contribution in [1.29, 1.82) is 0 Å². The van der Waals surface area contributed by atoms with Crippen molar-refractivity contribution in [3.05, 3.63) is 49.6 Å². The van der Waals surface area contributed by atoms with Crippen LogP contribution in [0.3, 0.4) is 0 Å². The quantitative estimate of drug-likeness (QED) is 0.336. The van der Waals surface area contributed by atoms with E-state index >= 15 is 0 Å². The fourth-order valence-corrected chi connectivity index (χ4v) is 0.497. The van der Waals surface area contributed by atoms with Crippen LogP contribution in [0.25, 0.3) is 0 Å². The molecule has 0 bridgehead atoms. The summed E-state index contributed by atoms with van der Waals surface area (Å²) in [6, 6.07) is 0. The lowest BCUT2D eigenvalue weighted by Crippen LogP contribution is -2.04. The maximum atomic E-state index is 10.9. The van der Waals surface area contributed by atoms with Crippen LogP contribution in [0.5, 0.6) is 0 Å². The maximum Gasteiger partial charge on any atom is 0.337 e. The summed E-state index contributed by atoms with van der Waals surface area (Å²) in [6.45, 7) is 11.9. The van der Waals surface area contributed by atoms with Crippen molar-refractivity contribution in [3.8, 4) is 0 Å². The summed E-state index contributed by atoms with van der Waals surface area (Å²) in [5.74, 6) is -1.38. The second-order valence-electron chi connectivity index (χ2n) is 2.45. The van der Waals surface area contributed by atoms with Crippen LogP contribution in [0.1, 0.15) is 6.92 Å². The van der Waals surface area contributed by atoms with Crippen molar-refractivity contribution in [2.75, 3.05) is 6.61 Å². The van der Waals surface area contributed by atoms with Crippen LogP contribution in [0, 0.1) is 0 Å². The van der Waals surface area contributed by atoms with Gasteiger partial charge in [0.15, 0.2) is 0 Å². The third-order valence-electron chi connectivity index (χ3n) is 1.14. The molecule has 4 heteroatoms. The molecule has 4 nitrogen and oxygen atoms in total. The van der Waals surface area contributed by atoms with Crippen molar-refractivity contribution in [3.63, 3.8) is 0 Å². The van der Waals surface area contributed by atoms with Crippen molar-refractivity contribution >= 4 is 11.9 Å². The zero-order valence-corrected chi connectivity index (χ0v) is 9.31. The van der Waals surface area contributed by atoms with Gasteiger partial charge in [-0.3, -0.25) is 0 Å².